The van der Waals surface area contributed by atoms with E-state index in [0.29, 0.717) is 16.8 Å². The molecule has 0 aliphatic heterocycles. The Balaban J connectivity index is 1.88. The highest BCUT2D eigenvalue weighted by Crippen LogP contribution is 2.34. The van der Waals surface area contributed by atoms with Gasteiger partial charge >= 0.3 is 5.97 Å². The molecule has 0 radical (unpaired) electrons. The zero-order chi connectivity index (χ0) is 23.8. The summed E-state index contributed by atoms with van der Waals surface area (Å²) in [5.74, 6) is -1.85. The van der Waals surface area contributed by atoms with E-state index >= 15 is 0 Å². The van der Waals surface area contributed by atoms with E-state index in [2.05, 4.69) is 5.32 Å². The SMILES string of the molecule is CCOC(=O)C(CC[C@H](O)c1ccc(F)cc1)C(Nc1ccc(F)cc1)c1ccc(O)cc1. The number of anilines is 1. The van der Waals surface area contributed by atoms with Crippen molar-refractivity contribution < 1.29 is 28.5 Å². The van der Waals surface area contributed by atoms with Gasteiger partial charge in [-0.25, -0.2) is 8.78 Å². The van der Waals surface area contributed by atoms with Crippen LogP contribution < -0.4 is 5.32 Å². The van der Waals surface area contributed by atoms with E-state index < -0.39 is 29.9 Å². The number of aliphatic hydroxyl groups is 1. The Labute approximate surface area is 191 Å². The number of benzene rings is 3. The predicted molar refractivity (Wildman–Crippen MR) is 122 cm³/mol. The molecule has 0 aliphatic carbocycles. The van der Waals surface area contributed by atoms with Gasteiger partial charge < -0.3 is 20.3 Å². The Morgan fingerprint density at radius 1 is 0.879 bits per heavy atom. The van der Waals surface area contributed by atoms with Crippen molar-refractivity contribution in [3.8, 4) is 5.75 Å². The van der Waals surface area contributed by atoms with Crippen LogP contribution >= 0.6 is 0 Å². The summed E-state index contributed by atoms with van der Waals surface area (Å²) in [6, 6.07) is 17.2. The van der Waals surface area contributed by atoms with Gasteiger partial charge in [0.25, 0.3) is 0 Å². The molecule has 2 unspecified atom stereocenters. The molecule has 0 fully saturated rings. The van der Waals surface area contributed by atoms with Crippen LogP contribution in [0.1, 0.15) is 43.0 Å². The number of carbonyl (C=O) groups is 1. The van der Waals surface area contributed by atoms with Gasteiger partial charge in [-0.05, 0) is 79.4 Å². The maximum Gasteiger partial charge on any atom is 0.311 e. The number of nitrogens with one attached hydrogen (secondary N) is 1. The molecule has 0 bridgehead atoms. The van der Waals surface area contributed by atoms with Crippen LogP contribution in [0.5, 0.6) is 5.75 Å². The van der Waals surface area contributed by atoms with Crippen LogP contribution in [0.2, 0.25) is 0 Å². The highest BCUT2D eigenvalue weighted by molar-refractivity contribution is 5.74. The third-order valence-corrected chi connectivity index (χ3v) is 5.42. The molecule has 33 heavy (non-hydrogen) atoms. The number of aromatic hydroxyl groups is 1. The number of carbonyl (C=O) groups excluding carboxylic acids is 1. The lowest BCUT2D eigenvalue weighted by Gasteiger charge is -2.29. The summed E-state index contributed by atoms with van der Waals surface area (Å²) < 4.78 is 31.9. The molecule has 3 atom stereocenters. The number of hydrogen-bond donors (Lipinski definition) is 3. The van der Waals surface area contributed by atoms with Crippen molar-refractivity contribution in [3.63, 3.8) is 0 Å². The first-order valence-corrected chi connectivity index (χ1v) is 10.8. The monoisotopic (exact) mass is 455 g/mol. The molecule has 7 heteroatoms. The van der Waals surface area contributed by atoms with Crippen molar-refractivity contribution in [2.24, 2.45) is 5.92 Å². The molecule has 3 rings (SSSR count). The predicted octanol–water partition coefficient (Wildman–Crippen LogP) is 5.52. The smallest absolute Gasteiger partial charge is 0.311 e. The van der Waals surface area contributed by atoms with Crippen LogP contribution in [0.4, 0.5) is 14.5 Å². The molecule has 3 aromatic rings. The minimum Gasteiger partial charge on any atom is -0.508 e. The second-order valence-electron chi connectivity index (χ2n) is 7.72. The standard InChI is InChI=1S/C26H27F2NO4/c1-2-33-26(32)23(15-16-24(31)17-3-7-19(27)8-4-17)25(18-5-13-22(30)14-6-18)29-21-11-9-20(28)10-12-21/h3-14,23-25,29-31H,2,15-16H2,1H3/t23?,24-,25?/m0/s1. The first-order valence-electron chi connectivity index (χ1n) is 10.8. The van der Waals surface area contributed by atoms with Gasteiger partial charge in [-0.15, -0.1) is 0 Å². The van der Waals surface area contributed by atoms with E-state index in [-0.39, 0.29) is 31.0 Å². The normalized spacial score (nSPS) is 13.7. The van der Waals surface area contributed by atoms with E-state index in [0.717, 1.165) is 0 Å². The van der Waals surface area contributed by atoms with Crippen molar-refractivity contribution in [1.29, 1.82) is 0 Å². The molecule has 3 N–H and O–H groups in total. The van der Waals surface area contributed by atoms with Gasteiger partial charge in [0, 0.05) is 5.69 Å². The highest BCUT2D eigenvalue weighted by Gasteiger charge is 2.31. The fourth-order valence-corrected chi connectivity index (χ4v) is 3.68. The minimum atomic E-state index is -0.895. The van der Waals surface area contributed by atoms with Gasteiger partial charge in [-0.1, -0.05) is 24.3 Å². The van der Waals surface area contributed by atoms with Crippen LogP contribution in [-0.2, 0) is 9.53 Å². The van der Waals surface area contributed by atoms with E-state index in [4.69, 9.17) is 4.74 Å². The molecule has 174 valence electrons. The first-order chi connectivity index (χ1) is 15.9. The van der Waals surface area contributed by atoms with Gasteiger partial charge in [-0.2, -0.15) is 0 Å². The van der Waals surface area contributed by atoms with Gasteiger partial charge in [-0.3, -0.25) is 4.79 Å². The van der Waals surface area contributed by atoms with Crippen LogP contribution in [0.25, 0.3) is 0 Å². The zero-order valence-electron chi connectivity index (χ0n) is 18.2. The second kappa shape index (κ2) is 11.4. The van der Waals surface area contributed by atoms with E-state index in [9.17, 15) is 23.8 Å². The average Bonchev–Trinajstić information content (AvgIpc) is 2.81. The molecule has 0 aliphatic rings. The number of rotatable bonds is 10. The van der Waals surface area contributed by atoms with Crippen LogP contribution in [-0.4, -0.2) is 22.8 Å². The summed E-state index contributed by atoms with van der Waals surface area (Å²) in [5, 5.41) is 23.6. The van der Waals surface area contributed by atoms with Crippen molar-refractivity contribution in [2.45, 2.75) is 31.9 Å². The lowest BCUT2D eigenvalue weighted by atomic mass is 9.87. The number of esters is 1. The Morgan fingerprint density at radius 2 is 1.42 bits per heavy atom. The minimum absolute atomic E-state index is 0.0821. The first kappa shape index (κ1) is 24.2. The highest BCUT2D eigenvalue weighted by atomic mass is 19.1. The number of ether oxygens (including phenoxy) is 1. The molecule has 0 saturated heterocycles. The zero-order valence-corrected chi connectivity index (χ0v) is 18.2. The van der Waals surface area contributed by atoms with E-state index in [1.807, 2.05) is 0 Å². The molecule has 0 heterocycles. The summed E-state index contributed by atoms with van der Waals surface area (Å²) in [5.41, 5.74) is 1.86. The molecule has 0 saturated carbocycles. The Kier molecular flexibility index (Phi) is 8.38. The second-order valence-corrected chi connectivity index (χ2v) is 7.72. The molecule has 0 amide bonds. The van der Waals surface area contributed by atoms with Gasteiger partial charge in [0.1, 0.15) is 17.4 Å². The summed E-state index contributed by atoms with van der Waals surface area (Å²) in [6.07, 6.45) is -0.403. The molecule has 0 aromatic heterocycles. The van der Waals surface area contributed by atoms with Crippen LogP contribution in [0, 0.1) is 17.6 Å². The lowest BCUT2D eigenvalue weighted by Crippen LogP contribution is -2.30. The molecule has 3 aromatic carbocycles. The number of aliphatic hydroxyl groups excluding tert-OH is 1. The van der Waals surface area contributed by atoms with Gasteiger partial charge in [0.15, 0.2) is 0 Å². The van der Waals surface area contributed by atoms with Crippen molar-refractivity contribution in [3.05, 3.63) is 95.6 Å². The van der Waals surface area contributed by atoms with Crippen molar-refractivity contribution in [2.75, 3.05) is 11.9 Å². The lowest BCUT2D eigenvalue weighted by molar-refractivity contribution is -0.149. The van der Waals surface area contributed by atoms with Crippen LogP contribution in [0.15, 0.2) is 72.8 Å². The number of hydrogen-bond acceptors (Lipinski definition) is 5. The molecule has 5 nitrogen and oxygen atoms in total. The van der Waals surface area contributed by atoms with E-state index in [1.54, 1.807) is 31.2 Å². The van der Waals surface area contributed by atoms with E-state index in [1.165, 1.54) is 48.5 Å². The molecular formula is C26H27F2NO4. The number of halogens is 2. The molecular weight excluding hydrogens is 428 g/mol. The summed E-state index contributed by atoms with van der Waals surface area (Å²) in [4.78, 5) is 13.0. The Bertz CT molecular complexity index is 1020. The van der Waals surface area contributed by atoms with Gasteiger partial charge in [0.2, 0.25) is 0 Å². The Hall–Kier alpha value is -3.45. The summed E-state index contributed by atoms with van der Waals surface area (Å²) in [6.45, 7) is 1.90. The fourth-order valence-electron chi connectivity index (χ4n) is 3.68. The number of phenols is 1. The van der Waals surface area contributed by atoms with Gasteiger partial charge in [0.05, 0.1) is 24.7 Å². The maximum atomic E-state index is 13.4. The third-order valence-electron chi connectivity index (χ3n) is 5.42. The third kappa shape index (κ3) is 6.76. The summed E-state index contributed by atoms with van der Waals surface area (Å²) in [7, 11) is 0. The van der Waals surface area contributed by atoms with Crippen molar-refractivity contribution in [1.82, 2.24) is 0 Å². The number of phenolic OH excluding ortho intramolecular Hbond substituents is 1. The quantitative estimate of drug-likeness (QED) is 0.351. The average molecular weight is 456 g/mol. The van der Waals surface area contributed by atoms with Crippen LogP contribution in [0.3, 0.4) is 0 Å². The van der Waals surface area contributed by atoms with Crippen molar-refractivity contribution >= 4 is 11.7 Å². The largest absolute Gasteiger partial charge is 0.508 e. The summed E-state index contributed by atoms with van der Waals surface area (Å²) >= 11 is 0. The Morgan fingerprint density at radius 3 is 2.00 bits per heavy atom. The maximum absolute atomic E-state index is 13.4. The molecule has 0 spiro atoms. The topological polar surface area (TPSA) is 78.8 Å². The fraction of sp³-hybridized carbons (Fsp3) is 0.269.